The molecule has 16 heavy (non-hydrogen) atoms. The molecule has 0 radical (unpaired) electrons. The summed E-state index contributed by atoms with van der Waals surface area (Å²) >= 11 is 0. The molecular formula is C13H15NO2. The molecule has 0 unspecified atom stereocenters. The number of hydrogen-bond donors (Lipinski definition) is 0. The summed E-state index contributed by atoms with van der Waals surface area (Å²) in [5.41, 5.74) is 1.11. The number of methoxy groups -OCH3 is 1. The third kappa shape index (κ3) is 4.05. The molecule has 1 aromatic rings. The quantitative estimate of drug-likeness (QED) is 0.570. The Morgan fingerprint density at radius 1 is 1.31 bits per heavy atom. The number of ether oxygens (including phenoxy) is 1. The van der Waals surface area contributed by atoms with Crippen molar-refractivity contribution in [2.24, 2.45) is 0 Å². The first-order chi connectivity index (χ1) is 7.74. The number of hydrogen-bond acceptors (Lipinski definition) is 3. The van der Waals surface area contributed by atoms with Gasteiger partial charge in [0.15, 0.2) is 0 Å². The van der Waals surface area contributed by atoms with Crippen molar-refractivity contribution < 1.29 is 9.53 Å². The van der Waals surface area contributed by atoms with Gasteiger partial charge in [-0.05, 0) is 12.1 Å². The van der Waals surface area contributed by atoms with Gasteiger partial charge >= 0.3 is 5.97 Å². The van der Waals surface area contributed by atoms with E-state index < -0.39 is 0 Å². The fourth-order valence-electron chi connectivity index (χ4n) is 1.16. The minimum absolute atomic E-state index is 0.152. The molecule has 3 nitrogen and oxygen atoms in total. The summed E-state index contributed by atoms with van der Waals surface area (Å²) in [6.45, 7) is 0.598. The van der Waals surface area contributed by atoms with Crippen molar-refractivity contribution in [3.63, 3.8) is 0 Å². The molecule has 3 heteroatoms. The Hall–Kier alpha value is -1.95. The minimum atomic E-state index is -0.296. The maximum Gasteiger partial charge on any atom is 0.317 e. The first kappa shape index (κ1) is 12.1. The number of anilines is 1. The number of esters is 1. The molecule has 84 valence electrons. The first-order valence-corrected chi connectivity index (χ1v) is 5.02. The van der Waals surface area contributed by atoms with E-state index in [4.69, 9.17) is 0 Å². The van der Waals surface area contributed by atoms with Crippen LogP contribution in [-0.2, 0) is 9.53 Å². The Balaban J connectivity index is 2.41. The van der Waals surface area contributed by atoms with E-state index in [1.807, 2.05) is 42.3 Å². The van der Waals surface area contributed by atoms with Gasteiger partial charge in [0.25, 0.3) is 0 Å². The van der Waals surface area contributed by atoms with E-state index >= 15 is 0 Å². The molecule has 0 N–H and O–H groups in total. The number of nitrogens with zero attached hydrogens (tertiary/aromatic N) is 1. The summed E-state index contributed by atoms with van der Waals surface area (Å²) in [5.74, 6) is 5.40. The Labute approximate surface area is 96.0 Å². The van der Waals surface area contributed by atoms with Crippen LogP contribution in [-0.4, -0.2) is 26.7 Å². The second-order valence-electron chi connectivity index (χ2n) is 3.30. The number of carbonyl (C=O) groups is 1. The second kappa shape index (κ2) is 6.52. The van der Waals surface area contributed by atoms with Gasteiger partial charge in [0.1, 0.15) is 6.42 Å². The van der Waals surface area contributed by atoms with Crippen molar-refractivity contribution in [2.75, 3.05) is 25.6 Å². The Bertz CT molecular complexity index is 389. The molecule has 0 aliphatic heterocycles. The van der Waals surface area contributed by atoms with Crippen LogP contribution in [0.1, 0.15) is 6.42 Å². The van der Waals surface area contributed by atoms with E-state index in [0.717, 1.165) is 5.69 Å². The normalized spacial score (nSPS) is 8.88. The van der Waals surface area contributed by atoms with Gasteiger partial charge in [-0.3, -0.25) is 4.79 Å². The third-order valence-electron chi connectivity index (χ3n) is 2.10. The Morgan fingerprint density at radius 3 is 2.62 bits per heavy atom. The molecule has 0 spiro atoms. The van der Waals surface area contributed by atoms with Crippen molar-refractivity contribution in [1.29, 1.82) is 0 Å². The molecule has 1 aromatic carbocycles. The van der Waals surface area contributed by atoms with Gasteiger partial charge in [-0.2, -0.15) is 0 Å². The fourth-order valence-corrected chi connectivity index (χ4v) is 1.16. The van der Waals surface area contributed by atoms with Gasteiger partial charge in [-0.25, -0.2) is 0 Å². The summed E-state index contributed by atoms with van der Waals surface area (Å²) in [6, 6.07) is 9.96. The molecule has 0 aromatic heterocycles. The number of rotatable bonds is 3. The van der Waals surface area contributed by atoms with Crippen LogP contribution in [0.5, 0.6) is 0 Å². The number of para-hydroxylation sites is 1. The lowest BCUT2D eigenvalue weighted by Gasteiger charge is -2.15. The molecule has 0 aliphatic carbocycles. The monoisotopic (exact) mass is 217 g/mol. The second-order valence-corrected chi connectivity index (χ2v) is 3.30. The van der Waals surface area contributed by atoms with E-state index in [9.17, 15) is 4.79 Å². The molecule has 0 bridgehead atoms. The number of carbonyl (C=O) groups excluding carboxylic acids is 1. The summed E-state index contributed by atoms with van der Waals surface area (Å²) in [6.07, 6.45) is 0.152. The molecular weight excluding hydrogens is 202 g/mol. The topological polar surface area (TPSA) is 29.5 Å². The molecule has 0 amide bonds. The predicted octanol–water partition coefficient (Wildman–Crippen LogP) is 1.69. The molecule has 0 atom stereocenters. The summed E-state index contributed by atoms with van der Waals surface area (Å²) in [7, 11) is 3.32. The molecule has 0 aliphatic rings. The van der Waals surface area contributed by atoms with Crippen LogP contribution in [0, 0.1) is 11.8 Å². The lowest BCUT2D eigenvalue weighted by atomic mass is 10.3. The van der Waals surface area contributed by atoms with Gasteiger partial charge in [0, 0.05) is 12.7 Å². The van der Waals surface area contributed by atoms with E-state index in [-0.39, 0.29) is 12.4 Å². The molecule has 0 saturated carbocycles. The highest BCUT2D eigenvalue weighted by molar-refractivity contribution is 5.72. The maximum atomic E-state index is 10.8. The summed E-state index contributed by atoms with van der Waals surface area (Å²) in [5, 5.41) is 0. The largest absolute Gasteiger partial charge is 0.468 e. The molecule has 0 heterocycles. The first-order valence-electron chi connectivity index (χ1n) is 5.02. The van der Waals surface area contributed by atoms with Gasteiger partial charge in [-0.15, -0.1) is 0 Å². The maximum absolute atomic E-state index is 10.8. The van der Waals surface area contributed by atoms with Crippen molar-refractivity contribution in [3.8, 4) is 11.8 Å². The standard InChI is InChI=1S/C13H15NO2/c1-14(12-8-4-3-5-9-12)11-7-6-10-13(15)16-2/h3-5,8-9H,10-11H2,1-2H3. The Morgan fingerprint density at radius 2 is 2.00 bits per heavy atom. The fraction of sp³-hybridized carbons (Fsp3) is 0.308. The van der Waals surface area contributed by atoms with Gasteiger partial charge in [0.05, 0.1) is 13.7 Å². The van der Waals surface area contributed by atoms with Crippen LogP contribution in [0.2, 0.25) is 0 Å². The van der Waals surface area contributed by atoms with Crippen molar-refractivity contribution in [1.82, 2.24) is 0 Å². The highest BCUT2D eigenvalue weighted by Gasteiger charge is 1.96. The molecule has 0 fully saturated rings. The summed E-state index contributed by atoms with van der Waals surface area (Å²) in [4.78, 5) is 12.8. The smallest absolute Gasteiger partial charge is 0.317 e. The number of benzene rings is 1. The summed E-state index contributed by atoms with van der Waals surface area (Å²) < 4.78 is 4.49. The average Bonchev–Trinajstić information content (AvgIpc) is 2.35. The average molecular weight is 217 g/mol. The van der Waals surface area contributed by atoms with Crippen molar-refractivity contribution in [2.45, 2.75) is 6.42 Å². The minimum Gasteiger partial charge on any atom is -0.468 e. The zero-order chi connectivity index (χ0) is 11.8. The van der Waals surface area contributed by atoms with E-state index in [1.165, 1.54) is 7.11 Å². The van der Waals surface area contributed by atoms with Gasteiger partial charge in [0.2, 0.25) is 0 Å². The van der Waals surface area contributed by atoms with Crippen LogP contribution in [0.3, 0.4) is 0 Å². The third-order valence-corrected chi connectivity index (χ3v) is 2.10. The SMILES string of the molecule is COC(=O)CC#CCN(C)c1ccccc1. The van der Waals surface area contributed by atoms with Crippen molar-refractivity contribution >= 4 is 11.7 Å². The van der Waals surface area contributed by atoms with E-state index in [2.05, 4.69) is 16.6 Å². The van der Waals surface area contributed by atoms with Gasteiger partial charge in [-0.1, -0.05) is 30.0 Å². The van der Waals surface area contributed by atoms with Crippen LogP contribution in [0.25, 0.3) is 0 Å². The Kier molecular flexibility index (Phi) is 4.94. The van der Waals surface area contributed by atoms with Crippen LogP contribution < -0.4 is 4.90 Å². The molecule has 0 saturated heterocycles. The van der Waals surface area contributed by atoms with Crippen LogP contribution >= 0.6 is 0 Å². The van der Waals surface area contributed by atoms with Crippen LogP contribution in [0.15, 0.2) is 30.3 Å². The van der Waals surface area contributed by atoms with Gasteiger partial charge < -0.3 is 9.64 Å². The zero-order valence-corrected chi connectivity index (χ0v) is 9.56. The zero-order valence-electron chi connectivity index (χ0n) is 9.56. The molecule has 1 rings (SSSR count). The lowest BCUT2D eigenvalue weighted by Crippen LogP contribution is -2.16. The lowest BCUT2D eigenvalue weighted by molar-refractivity contribution is -0.139. The van der Waals surface area contributed by atoms with Crippen LogP contribution in [0.4, 0.5) is 5.69 Å². The highest BCUT2D eigenvalue weighted by atomic mass is 16.5. The van der Waals surface area contributed by atoms with E-state index in [1.54, 1.807) is 0 Å². The van der Waals surface area contributed by atoms with Crippen molar-refractivity contribution in [3.05, 3.63) is 30.3 Å². The predicted molar refractivity (Wildman–Crippen MR) is 64.1 cm³/mol. The highest BCUT2D eigenvalue weighted by Crippen LogP contribution is 2.09. The van der Waals surface area contributed by atoms with E-state index in [0.29, 0.717) is 6.54 Å².